The molecule has 0 heterocycles. The van der Waals surface area contributed by atoms with Gasteiger partial charge >= 0.3 is 0 Å². The highest BCUT2D eigenvalue weighted by Crippen LogP contribution is 2.47. The van der Waals surface area contributed by atoms with Crippen molar-refractivity contribution >= 4 is 44.3 Å². The van der Waals surface area contributed by atoms with E-state index in [1.807, 2.05) is 31.2 Å². The van der Waals surface area contributed by atoms with Crippen molar-refractivity contribution in [3.05, 3.63) is 145 Å². The molecule has 0 fully saturated rings. The van der Waals surface area contributed by atoms with Crippen LogP contribution < -0.4 is 20.7 Å². The van der Waals surface area contributed by atoms with Crippen molar-refractivity contribution in [3.8, 4) is 0 Å². The van der Waals surface area contributed by atoms with Crippen LogP contribution in [0.3, 0.4) is 0 Å². The first-order valence-corrected chi connectivity index (χ1v) is 15.2. The highest BCUT2D eigenvalue weighted by molar-refractivity contribution is 7.96. The maximum Gasteiger partial charge on any atom is 0.276 e. The minimum atomic E-state index is -3.74. The van der Waals surface area contributed by atoms with E-state index < -0.39 is 16.9 Å². The fourth-order valence-electron chi connectivity index (χ4n) is 4.53. The second-order valence-electron chi connectivity index (χ2n) is 8.75. The molecule has 0 aliphatic heterocycles. The summed E-state index contributed by atoms with van der Waals surface area (Å²) in [5.41, 5.74) is 1.82. The Morgan fingerprint density at radius 1 is 0.676 bits per heavy atom. The van der Waals surface area contributed by atoms with Gasteiger partial charge in [-0.25, -0.2) is 4.83 Å². The molecule has 4 aromatic carbocycles. The number of hydrogen-bond donors (Lipinski definition) is 1. The van der Waals surface area contributed by atoms with E-state index in [1.165, 1.54) is 21.2 Å². The lowest BCUT2D eigenvalue weighted by Gasteiger charge is -2.30. The molecule has 0 saturated carbocycles. The molecule has 1 aliphatic rings. The van der Waals surface area contributed by atoms with Gasteiger partial charge in [-0.3, -0.25) is 0 Å². The van der Waals surface area contributed by atoms with Gasteiger partial charge in [-0.1, -0.05) is 121 Å². The monoisotopic (exact) mass is 522 g/mol. The van der Waals surface area contributed by atoms with E-state index in [0.717, 1.165) is 11.1 Å². The number of sulfonamides is 1. The Morgan fingerprint density at radius 3 is 1.65 bits per heavy atom. The molecule has 1 aliphatic carbocycles. The molecule has 0 saturated heterocycles. The SMILES string of the molecule is Cc1ccc(S(=O)(=O)N/N=C\C2=CC(=P(c3ccccc3)(c3ccccc3)c3ccccc3)C=C2)cc1. The van der Waals surface area contributed by atoms with E-state index in [0.29, 0.717) is 0 Å². The molecule has 0 aromatic heterocycles. The summed E-state index contributed by atoms with van der Waals surface area (Å²) in [5.74, 6) is 0. The van der Waals surface area contributed by atoms with E-state index in [4.69, 9.17) is 0 Å². The maximum absolute atomic E-state index is 12.6. The van der Waals surface area contributed by atoms with Gasteiger partial charge in [-0.05, 0) is 58.8 Å². The fourth-order valence-corrected chi connectivity index (χ4v) is 9.61. The first kappa shape index (κ1) is 24.8. The Labute approximate surface area is 218 Å². The van der Waals surface area contributed by atoms with Crippen molar-refractivity contribution in [2.75, 3.05) is 0 Å². The summed E-state index contributed by atoms with van der Waals surface area (Å²) in [5, 5.41) is 9.01. The Bertz CT molecular complexity index is 1540. The molecule has 0 radical (unpaired) electrons. The summed E-state index contributed by atoms with van der Waals surface area (Å²) in [6, 6.07) is 38.5. The molecule has 4 nitrogen and oxygen atoms in total. The molecule has 6 heteroatoms. The van der Waals surface area contributed by atoms with Crippen LogP contribution in [0.5, 0.6) is 0 Å². The van der Waals surface area contributed by atoms with Crippen molar-refractivity contribution in [1.82, 2.24) is 4.83 Å². The second-order valence-corrected chi connectivity index (χ2v) is 13.8. The molecule has 184 valence electrons. The molecule has 4 aromatic rings. The summed E-state index contributed by atoms with van der Waals surface area (Å²) in [6.07, 6.45) is 7.80. The molecule has 1 N–H and O–H groups in total. The third kappa shape index (κ3) is 5.01. The minimum Gasteiger partial charge on any atom is -0.200 e. The van der Waals surface area contributed by atoms with Crippen molar-refractivity contribution in [3.63, 3.8) is 0 Å². The molecule has 37 heavy (non-hydrogen) atoms. The smallest absolute Gasteiger partial charge is 0.200 e. The van der Waals surface area contributed by atoms with Crippen LogP contribution in [0, 0.1) is 6.92 Å². The van der Waals surface area contributed by atoms with Crippen molar-refractivity contribution < 1.29 is 8.42 Å². The Morgan fingerprint density at radius 2 is 1.16 bits per heavy atom. The molecule has 0 bridgehead atoms. The van der Waals surface area contributed by atoms with Crippen LogP contribution in [0.2, 0.25) is 0 Å². The summed E-state index contributed by atoms with van der Waals surface area (Å²) in [7, 11) is -3.74. The van der Waals surface area contributed by atoms with Crippen LogP contribution in [-0.2, 0) is 10.0 Å². The summed E-state index contributed by atoms with van der Waals surface area (Å²) in [6.45, 7) is -0.288. The first-order chi connectivity index (χ1) is 18.0. The second kappa shape index (κ2) is 10.6. The minimum absolute atomic E-state index is 0.181. The summed E-state index contributed by atoms with van der Waals surface area (Å²) < 4.78 is 25.3. The average Bonchev–Trinajstić information content (AvgIpc) is 3.40. The van der Waals surface area contributed by atoms with Crippen LogP contribution in [0.1, 0.15) is 5.56 Å². The Kier molecular flexibility index (Phi) is 7.09. The zero-order valence-corrected chi connectivity index (χ0v) is 22.1. The normalized spacial score (nSPS) is 13.6. The van der Waals surface area contributed by atoms with Gasteiger partial charge in [-0.2, -0.15) is 13.5 Å². The summed E-state index contributed by atoms with van der Waals surface area (Å²) >= 11 is 0. The number of nitrogens with zero attached hydrogens (tertiary/aromatic N) is 1. The van der Waals surface area contributed by atoms with Crippen LogP contribution in [0.4, 0.5) is 0 Å². The zero-order valence-electron chi connectivity index (χ0n) is 20.4. The number of aryl methyl sites for hydroxylation is 1. The molecule has 0 atom stereocenters. The zero-order chi connectivity index (χ0) is 25.7. The molecule has 0 spiro atoms. The van der Waals surface area contributed by atoms with E-state index in [-0.39, 0.29) is 4.90 Å². The van der Waals surface area contributed by atoms with Gasteiger partial charge in [0, 0.05) is 0 Å². The molecular formula is C31H27N2O2PS. The van der Waals surface area contributed by atoms with E-state index in [9.17, 15) is 8.42 Å². The van der Waals surface area contributed by atoms with Gasteiger partial charge in [0.2, 0.25) is 0 Å². The molecule has 0 amide bonds. The standard InChI is InChI=1S/C31H27N2O2PS/c1-25-17-21-31(22-18-25)37(34,35)33-32-24-26-19-20-30(23-26)36(27-11-5-2-6-12-27,28-13-7-3-8-14-28)29-15-9-4-10-16-29/h2-24,33H,1H3/b32-24-. The number of allylic oxidation sites excluding steroid dienone is 4. The quantitative estimate of drug-likeness (QED) is 0.213. The van der Waals surface area contributed by atoms with E-state index in [1.54, 1.807) is 30.5 Å². The van der Waals surface area contributed by atoms with Crippen LogP contribution >= 0.6 is 6.89 Å². The van der Waals surface area contributed by atoms with Crippen molar-refractivity contribution in [2.24, 2.45) is 5.10 Å². The van der Waals surface area contributed by atoms with Gasteiger partial charge in [0.05, 0.1) is 11.1 Å². The predicted octanol–water partition coefficient (Wildman–Crippen LogP) is 4.92. The lowest BCUT2D eigenvalue weighted by atomic mass is 10.2. The van der Waals surface area contributed by atoms with Gasteiger partial charge < -0.3 is 0 Å². The van der Waals surface area contributed by atoms with Gasteiger partial charge in [0.25, 0.3) is 10.0 Å². The van der Waals surface area contributed by atoms with Gasteiger partial charge in [-0.15, -0.1) is 0 Å². The first-order valence-electron chi connectivity index (χ1n) is 11.9. The predicted molar refractivity (Wildman–Crippen MR) is 157 cm³/mol. The third-order valence-electron chi connectivity index (χ3n) is 6.30. The van der Waals surface area contributed by atoms with Crippen LogP contribution in [0.25, 0.3) is 0 Å². The van der Waals surface area contributed by atoms with Crippen molar-refractivity contribution in [1.29, 1.82) is 0 Å². The number of rotatable bonds is 7. The Hall–Kier alpha value is -3.92. The number of benzene rings is 4. The van der Waals surface area contributed by atoms with Crippen molar-refractivity contribution in [2.45, 2.75) is 11.8 Å². The number of hydrazone groups is 1. The topological polar surface area (TPSA) is 58.5 Å². The lowest BCUT2D eigenvalue weighted by molar-refractivity contribution is 0.584. The third-order valence-corrected chi connectivity index (χ3v) is 11.8. The number of hydrogen-bond acceptors (Lipinski definition) is 3. The lowest BCUT2D eigenvalue weighted by Crippen LogP contribution is -2.29. The molecule has 0 unspecified atom stereocenters. The fraction of sp³-hybridized carbons (Fsp3) is 0.0323. The van der Waals surface area contributed by atoms with Crippen LogP contribution in [0.15, 0.2) is 149 Å². The highest BCUT2D eigenvalue weighted by atomic mass is 32.2. The van der Waals surface area contributed by atoms with Gasteiger partial charge in [0.1, 0.15) is 0 Å². The van der Waals surface area contributed by atoms with E-state index >= 15 is 0 Å². The van der Waals surface area contributed by atoms with Crippen LogP contribution in [-0.4, -0.2) is 19.9 Å². The highest BCUT2D eigenvalue weighted by Gasteiger charge is 2.29. The average molecular weight is 523 g/mol. The van der Waals surface area contributed by atoms with Gasteiger partial charge in [0.15, 0.2) is 0 Å². The molecule has 5 rings (SSSR count). The molecular weight excluding hydrogens is 495 g/mol. The number of nitrogens with one attached hydrogen (secondary N) is 1. The maximum atomic E-state index is 12.6. The largest absolute Gasteiger partial charge is 0.276 e. The summed E-state index contributed by atoms with van der Waals surface area (Å²) in [4.78, 5) is 2.52. The Balaban J connectivity index is 1.61. The van der Waals surface area contributed by atoms with E-state index in [2.05, 4.69) is 94.9 Å².